The van der Waals surface area contributed by atoms with Crippen molar-refractivity contribution in [3.8, 4) is 28.6 Å². The van der Waals surface area contributed by atoms with Gasteiger partial charge in [-0.25, -0.2) is 9.78 Å². The number of piperidine rings is 1. The third-order valence-electron chi connectivity index (χ3n) is 9.90. The van der Waals surface area contributed by atoms with Gasteiger partial charge in [0.05, 0.1) is 40.3 Å². The molecule has 0 bridgehead atoms. The molecule has 0 atom stereocenters. The summed E-state index contributed by atoms with van der Waals surface area (Å²) in [4.78, 5) is 37.9. The van der Waals surface area contributed by atoms with E-state index in [0.29, 0.717) is 42.1 Å². The lowest BCUT2D eigenvalue weighted by molar-refractivity contribution is 0.118. The van der Waals surface area contributed by atoms with Gasteiger partial charge in [0.25, 0.3) is 5.56 Å². The molecule has 0 aliphatic carbocycles. The minimum Gasteiger partial charge on any atom is -0.345 e. The SMILES string of the molecule is CN1CCC2(CC1)CCN(C(=O)N1CCn3cc(-c4[nH][nH]c(=O)c4-c4cnc5ccccn45)c4cc(C#N)cc(c43)C1)C2. The third-order valence-corrected chi connectivity index (χ3v) is 9.90. The molecule has 8 rings (SSSR count). The Hall–Kier alpha value is -4.82. The van der Waals surface area contributed by atoms with E-state index in [1.54, 1.807) is 6.20 Å². The van der Waals surface area contributed by atoms with Crippen LogP contribution in [0.3, 0.4) is 0 Å². The summed E-state index contributed by atoms with van der Waals surface area (Å²) < 4.78 is 4.06. The van der Waals surface area contributed by atoms with Gasteiger partial charge < -0.3 is 19.3 Å². The van der Waals surface area contributed by atoms with Crippen LogP contribution in [0, 0.1) is 16.7 Å². The first-order valence-electron chi connectivity index (χ1n) is 14.9. The number of hydrogen-bond donors (Lipinski definition) is 2. The first-order valence-corrected chi connectivity index (χ1v) is 14.9. The van der Waals surface area contributed by atoms with E-state index in [0.717, 1.165) is 73.1 Å². The van der Waals surface area contributed by atoms with Crippen molar-refractivity contribution >= 4 is 22.6 Å². The number of carbonyl (C=O) groups is 1. The summed E-state index contributed by atoms with van der Waals surface area (Å²) in [6.45, 7) is 5.42. The lowest BCUT2D eigenvalue weighted by Crippen LogP contribution is -2.45. The number of amides is 2. The Bertz CT molecular complexity index is 2000. The summed E-state index contributed by atoms with van der Waals surface area (Å²) in [5.74, 6) is 0. The van der Waals surface area contributed by atoms with Crippen LogP contribution in [0.5, 0.6) is 0 Å². The zero-order valence-corrected chi connectivity index (χ0v) is 24.1. The highest BCUT2D eigenvalue weighted by Crippen LogP contribution is 2.41. The Kier molecular flexibility index (Phi) is 5.78. The molecule has 3 aliphatic heterocycles. The van der Waals surface area contributed by atoms with Crippen molar-refractivity contribution in [1.82, 2.24) is 38.8 Å². The number of pyridine rings is 1. The monoisotopic (exact) mass is 575 g/mol. The highest BCUT2D eigenvalue weighted by molar-refractivity contribution is 6.01. The first-order chi connectivity index (χ1) is 20.9. The van der Waals surface area contributed by atoms with Crippen molar-refractivity contribution in [3.05, 3.63) is 70.4 Å². The van der Waals surface area contributed by atoms with Crippen molar-refractivity contribution in [1.29, 1.82) is 5.26 Å². The van der Waals surface area contributed by atoms with Gasteiger partial charge in [-0.05, 0) is 74.6 Å². The van der Waals surface area contributed by atoms with Crippen LogP contribution >= 0.6 is 0 Å². The van der Waals surface area contributed by atoms with Gasteiger partial charge in [0.15, 0.2) is 0 Å². The highest BCUT2D eigenvalue weighted by atomic mass is 16.2. The lowest BCUT2D eigenvalue weighted by Gasteiger charge is -2.38. The molecule has 43 heavy (non-hydrogen) atoms. The average Bonchev–Trinajstić information content (AvgIpc) is 3.78. The predicted octanol–water partition coefficient (Wildman–Crippen LogP) is 3.86. The summed E-state index contributed by atoms with van der Waals surface area (Å²) >= 11 is 0. The molecule has 0 radical (unpaired) electrons. The number of nitrogens with one attached hydrogen (secondary N) is 2. The maximum atomic E-state index is 13.9. The maximum Gasteiger partial charge on any atom is 0.320 e. The van der Waals surface area contributed by atoms with Gasteiger partial charge in [-0.3, -0.25) is 19.4 Å². The van der Waals surface area contributed by atoms with E-state index >= 15 is 0 Å². The normalized spacial score (nSPS) is 18.5. The van der Waals surface area contributed by atoms with Gasteiger partial charge >= 0.3 is 6.03 Å². The minimum absolute atomic E-state index is 0.0853. The first kappa shape index (κ1) is 25.9. The second-order valence-electron chi connectivity index (χ2n) is 12.5. The molecule has 11 nitrogen and oxygen atoms in total. The number of carbonyl (C=O) groups excluding carboxylic acids is 1. The summed E-state index contributed by atoms with van der Waals surface area (Å²) in [5.41, 5.74) is 5.86. The van der Waals surface area contributed by atoms with Crippen LogP contribution < -0.4 is 5.56 Å². The van der Waals surface area contributed by atoms with E-state index in [-0.39, 0.29) is 17.0 Å². The van der Waals surface area contributed by atoms with Gasteiger partial charge in [-0.15, -0.1) is 0 Å². The van der Waals surface area contributed by atoms with E-state index in [2.05, 4.69) is 42.7 Å². The fourth-order valence-electron chi connectivity index (χ4n) is 7.49. The standard InChI is InChI=1S/C32H33N9O2/c1-37-9-5-32(6-10-37)7-11-40(20-32)31(43)39-13-12-38-19-24(23-15-21(16-33)14-22(18-39)29(23)38)28-27(30(42)36-35-28)25-17-34-26-4-2-3-8-41(25)26/h2-4,8,14-15,17,19H,5-7,9-13,18,20H2,1H3,(H2,35,36,42). The number of nitriles is 1. The summed E-state index contributed by atoms with van der Waals surface area (Å²) in [6, 6.07) is 11.9. The summed E-state index contributed by atoms with van der Waals surface area (Å²) in [5, 5.41) is 16.7. The van der Waals surface area contributed by atoms with Gasteiger partial charge in [0.2, 0.25) is 0 Å². The van der Waals surface area contributed by atoms with Crippen molar-refractivity contribution < 1.29 is 4.79 Å². The maximum absolute atomic E-state index is 13.9. The number of H-pyrrole nitrogens is 2. The zero-order valence-electron chi connectivity index (χ0n) is 24.1. The number of fused-ring (bicyclic) bond motifs is 1. The lowest BCUT2D eigenvalue weighted by atomic mass is 9.78. The number of nitrogens with zero attached hydrogens (tertiary/aromatic N) is 7. The third kappa shape index (κ3) is 4.08. The van der Waals surface area contributed by atoms with Crippen molar-refractivity contribution in [2.24, 2.45) is 5.41 Å². The molecule has 5 aromatic rings. The molecule has 3 aliphatic rings. The Labute approximate surface area is 247 Å². The number of likely N-dealkylation sites (tertiary alicyclic amines) is 2. The second-order valence-corrected chi connectivity index (χ2v) is 12.5. The number of rotatable bonds is 2. The molecule has 4 aromatic heterocycles. The molecule has 7 heterocycles. The molecule has 0 saturated carbocycles. The fourth-order valence-corrected chi connectivity index (χ4v) is 7.49. The molecule has 2 amide bonds. The smallest absolute Gasteiger partial charge is 0.320 e. The predicted molar refractivity (Wildman–Crippen MR) is 162 cm³/mol. The number of imidazole rings is 1. The molecule has 2 N–H and O–H groups in total. The van der Waals surface area contributed by atoms with E-state index in [1.165, 1.54) is 0 Å². The quantitative estimate of drug-likeness (QED) is 0.331. The van der Waals surface area contributed by atoms with Crippen molar-refractivity contribution in [2.75, 3.05) is 39.8 Å². The van der Waals surface area contributed by atoms with Gasteiger partial charge in [0, 0.05) is 56.1 Å². The number of urea groups is 1. The molecular weight excluding hydrogens is 542 g/mol. The van der Waals surface area contributed by atoms with Crippen LogP contribution in [0.1, 0.15) is 30.4 Å². The molecule has 1 aromatic carbocycles. The molecule has 0 unspecified atom stereocenters. The molecule has 1 spiro atoms. The molecular formula is C32H33N9O2. The van der Waals surface area contributed by atoms with Crippen molar-refractivity contribution in [2.45, 2.75) is 32.4 Å². The minimum atomic E-state index is -0.241. The van der Waals surface area contributed by atoms with Crippen LogP contribution in [-0.2, 0) is 13.1 Å². The Morgan fingerprint density at radius 2 is 1.88 bits per heavy atom. The Morgan fingerprint density at radius 3 is 2.72 bits per heavy atom. The summed E-state index contributed by atoms with van der Waals surface area (Å²) in [7, 11) is 2.17. The van der Waals surface area contributed by atoms with Crippen LogP contribution in [0.2, 0.25) is 0 Å². The van der Waals surface area contributed by atoms with Crippen LogP contribution in [0.4, 0.5) is 4.79 Å². The largest absolute Gasteiger partial charge is 0.345 e. The van der Waals surface area contributed by atoms with Gasteiger partial charge in [-0.2, -0.15) is 5.26 Å². The number of benzene rings is 1. The Balaban J connectivity index is 1.16. The average molecular weight is 576 g/mol. The van der Waals surface area contributed by atoms with Crippen molar-refractivity contribution in [3.63, 3.8) is 0 Å². The van der Waals surface area contributed by atoms with E-state index in [4.69, 9.17) is 0 Å². The highest BCUT2D eigenvalue weighted by Gasteiger charge is 2.42. The molecule has 218 valence electrons. The van der Waals surface area contributed by atoms with E-state index in [9.17, 15) is 14.9 Å². The van der Waals surface area contributed by atoms with Crippen LogP contribution in [0.15, 0.2) is 53.7 Å². The number of hydrogen-bond acceptors (Lipinski definition) is 5. The van der Waals surface area contributed by atoms with Gasteiger partial charge in [-0.1, -0.05) is 6.07 Å². The molecule has 2 saturated heterocycles. The van der Waals surface area contributed by atoms with Crippen LogP contribution in [-0.4, -0.2) is 84.7 Å². The molecule has 11 heteroatoms. The molecule has 2 fully saturated rings. The number of aromatic nitrogens is 5. The zero-order chi connectivity index (χ0) is 29.3. The van der Waals surface area contributed by atoms with Crippen LogP contribution in [0.25, 0.3) is 39.1 Å². The van der Waals surface area contributed by atoms with Gasteiger partial charge in [0.1, 0.15) is 5.65 Å². The number of aromatic amines is 2. The topological polar surface area (TPSA) is 121 Å². The second kappa shape index (κ2) is 9.61. The van der Waals surface area contributed by atoms with E-state index in [1.807, 2.05) is 52.0 Å². The Morgan fingerprint density at radius 1 is 1.05 bits per heavy atom. The summed E-state index contributed by atoms with van der Waals surface area (Å²) in [6.07, 6.45) is 9.00. The van der Waals surface area contributed by atoms with E-state index < -0.39 is 0 Å². The fraction of sp³-hybridized carbons (Fsp3) is 0.375.